The molecule has 1 aliphatic rings. The second-order valence-corrected chi connectivity index (χ2v) is 6.92. The van der Waals surface area contributed by atoms with Gasteiger partial charge in [-0.2, -0.15) is 0 Å². The zero-order chi connectivity index (χ0) is 17.7. The third kappa shape index (κ3) is 4.49. The van der Waals surface area contributed by atoms with Crippen LogP contribution in [-0.2, 0) is 4.79 Å². The highest BCUT2D eigenvalue weighted by atomic mass is 16.5. The first-order chi connectivity index (χ1) is 11.4. The zero-order valence-corrected chi connectivity index (χ0v) is 15.0. The fourth-order valence-corrected chi connectivity index (χ4v) is 3.08. The van der Waals surface area contributed by atoms with E-state index < -0.39 is 0 Å². The fraction of sp³-hybridized carbons (Fsp3) is 0.579. The molecule has 1 aromatic rings. The average Bonchev–Trinajstić information content (AvgIpc) is 2.56. The van der Waals surface area contributed by atoms with Crippen molar-refractivity contribution in [3.8, 4) is 5.75 Å². The number of amides is 2. The quantitative estimate of drug-likeness (QED) is 0.902. The molecular formula is C19H28N2O3. The Morgan fingerprint density at radius 1 is 1.21 bits per heavy atom. The minimum Gasteiger partial charge on any atom is -0.483 e. The first-order valence-electron chi connectivity index (χ1n) is 8.63. The van der Waals surface area contributed by atoms with Gasteiger partial charge in [-0.15, -0.1) is 0 Å². The molecule has 132 valence electrons. The molecule has 24 heavy (non-hydrogen) atoms. The number of ether oxygens (including phenoxy) is 1. The van der Waals surface area contributed by atoms with Gasteiger partial charge >= 0.3 is 0 Å². The summed E-state index contributed by atoms with van der Waals surface area (Å²) in [6.07, 6.45) is 3.38. The summed E-state index contributed by atoms with van der Waals surface area (Å²) in [5, 5.41) is 3.15. The van der Waals surface area contributed by atoms with Crippen molar-refractivity contribution in [3.63, 3.8) is 0 Å². The van der Waals surface area contributed by atoms with Gasteiger partial charge in [-0.3, -0.25) is 9.59 Å². The minimum absolute atomic E-state index is 0.0752. The number of nitrogens with one attached hydrogen (secondary N) is 1. The van der Waals surface area contributed by atoms with Crippen molar-refractivity contribution < 1.29 is 14.3 Å². The van der Waals surface area contributed by atoms with Crippen LogP contribution in [0.4, 0.5) is 0 Å². The van der Waals surface area contributed by atoms with E-state index >= 15 is 0 Å². The Hall–Kier alpha value is -2.04. The Morgan fingerprint density at radius 3 is 2.62 bits per heavy atom. The van der Waals surface area contributed by atoms with Crippen LogP contribution in [0.25, 0.3) is 0 Å². The van der Waals surface area contributed by atoms with Crippen LogP contribution in [0.15, 0.2) is 24.3 Å². The third-order valence-electron chi connectivity index (χ3n) is 5.00. The van der Waals surface area contributed by atoms with E-state index in [9.17, 15) is 9.59 Å². The van der Waals surface area contributed by atoms with Gasteiger partial charge in [0.05, 0.1) is 5.56 Å². The summed E-state index contributed by atoms with van der Waals surface area (Å²) < 4.78 is 5.57. The van der Waals surface area contributed by atoms with E-state index in [2.05, 4.69) is 19.2 Å². The maximum Gasteiger partial charge on any atom is 0.259 e. The van der Waals surface area contributed by atoms with Crippen molar-refractivity contribution in [1.29, 1.82) is 0 Å². The molecular weight excluding hydrogens is 304 g/mol. The molecule has 2 amide bonds. The second kappa shape index (κ2) is 8.18. The van der Waals surface area contributed by atoms with Crippen molar-refractivity contribution in [1.82, 2.24) is 10.2 Å². The molecule has 1 aromatic carbocycles. The van der Waals surface area contributed by atoms with Crippen LogP contribution in [0.5, 0.6) is 5.75 Å². The van der Waals surface area contributed by atoms with Gasteiger partial charge in [-0.1, -0.05) is 38.8 Å². The average molecular weight is 332 g/mol. The molecule has 1 N–H and O–H groups in total. The molecule has 0 spiro atoms. The second-order valence-electron chi connectivity index (χ2n) is 6.92. The van der Waals surface area contributed by atoms with Crippen molar-refractivity contribution in [3.05, 3.63) is 29.8 Å². The molecule has 1 saturated carbocycles. The molecule has 0 heterocycles. The predicted molar refractivity (Wildman–Crippen MR) is 94.1 cm³/mol. The molecule has 1 fully saturated rings. The number of rotatable bonds is 5. The maximum atomic E-state index is 12.7. The summed E-state index contributed by atoms with van der Waals surface area (Å²) in [6, 6.07) is 7.27. The van der Waals surface area contributed by atoms with Gasteiger partial charge in [0.2, 0.25) is 0 Å². The highest BCUT2D eigenvalue weighted by Gasteiger charge is 2.29. The van der Waals surface area contributed by atoms with E-state index in [4.69, 9.17) is 4.74 Å². The number of carbonyl (C=O) groups excluding carboxylic acids is 2. The lowest BCUT2D eigenvalue weighted by molar-refractivity contribution is -0.130. The first kappa shape index (κ1) is 18.3. The van der Waals surface area contributed by atoms with E-state index in [1.165, 1.54) is 11.3 Å². The summed E-state index contributed by atoms with van der Waals surface area (Å²) in [6.45, 7) is 4.37. The predicted octanol–water partition coefficient (Wildman–Crippen LogP) is 2.71. The van der Waals surface area contributed by atoms with E-state index in [-0.39, 0.29) is 24.5 Å². The molecule has 2 rings (SSSR count). The summed E-state index contributed by atoms with van der Waals surface area (Å²) in [5.74, 6) is 1.26. The molecule has 0 aliphatic heterocycles. The third-order valence-corrected chi connectivity index (χ3v) is 5.00. The number of hydrogen-bond donors (Lipinski definition) is 1. The number of benzene rings is 1. The number of carbonyl (C=O) groups is 2. The van der Waals surface area contributed by atoms with Gasteiger partial charge in [0, 0.05) is 20.1 Å². The van der Waals surface area contributed by atoms with Crippen molar-refractivity contribution in [2.24, 2.45) is 11.8 Å². The Balaban J connectivity index is 2.05. The molecule has 5 nitrogen and oxygen atoms in total. The lowest BCUT2D eigenvalue weighted by atomic mass is 9.78. The summed E-state index contributed by atoms with van der Waals surface area (Å²) in [4.78, 5) is 25.8. The molecule has 3 unspecified atom stereocenters. The topological polar surface area (TPSA) is 58.6 Å². The Kier molecular flexibility index (Phi) is 6.23. The van der Waals surface area contributed by atoms with Gasteiger partial charge in [0.1, 0.15) is 5.75 Å². The molecule has 5 heteroatoms. The molecule has 3 atom stereocenters. The standard InChI is InChI=1S/C19H28N2O3/c1-13-8-7-10-16(14(13)2)20-19(23)15-9-5-6-11-17(15)24-12-18(22)21(3)4/h5-6,9,11,13-14,16H,7-8,10,12H2,1-4H3,(H,20,23). The van der Waals surface area contributed by atoms with E-state index in [1.54, 1.807) is 32.3 Å². The van der Waals surface area contributed by atoms with E-state index in [0.717, 1.165) is 12.8 Å². The largest absolute Gasteiger partial charge is 0.483 e. The highest BCUT2D eigenvalue weighted by molar-refractivity contribution is 5.97. The summed E-state index contributed by atoms with van der Waals surface area (Å²) in [7, 11) is 3.35. The summed E-state index contributed by atoms with van der Waals surface area (Å²) in [5.41, 5.74) is 0.481. The maximum absolute atomic E-state index is 12.7. The lowest BCUT2D eigenvalue weighted by Gasteiger charge is -2.34. The number of hydrogen-bond acceptors (Lipinski definition) is 3. The summed E-state index contributed by atoms with van der Waals surface area (Å²) >= 11 is 0. The van der Waals surface area contributed by atoms with Crippen LogP contribution in [0.3, 0.4) is 0 Å². The Labute approximate surface area is 144 Å². The lowest BCUT2D eigenvalue weighted by Crippen LogP contribution is -2.43. The van der Waals surface area contributed by atoms with Gasteiger partial charge in [0.15, 0.2) is 6.61 Å². The molecule has 1 aliphatic carbocycles. The van der Waals surface area contributed by atoms with Crippen LogP contribution in [0.1, 0.15) is 43.5 Å². The number of nitrogens with zero attached hydrogens (tertiary/aromatic N) is 1. The number of para-hydroxylation sites is 1. The highest BCUT2D eigenvalue weighted by Crippen LogP contribution is 2.30. The van der Waals surface area contributed by atoms with Crippen LogP contribution in [-0.4, -0.2) is 43.5 Å². The first-order valence-corrected chi connectivity index (χ1v) is 8.63. The van der Waals surface area contributed by atoms with E-state index in [1.807, 2.05) is 6.07 Å². The van der Waals surface area contributed by atoms with E-state index in [0.29, 0.717) is 23.1 Å². The van der Waals surface area contributed by atoms with Gasteiger partial charge < -0.3 is 15.0 Å². The smallest absolute Gasteiger partial charge is 0.259 e. The monoisotopic (exact) mass is 332 g/mol. The molecule has 0 bridgehead atoms. The number of likely N-dealkylation sites (N-methyl/N-ethyl adjacent to an activating group) is 1. The van der Waals surface area contributed by atoms with Crippen LogP contribution >= 0.6 is 0 Å². The SMILES string of the molecule is CC1CCCC(NC(=O)c2ccccc2OCC(=O)N(C)C)C1C. The molecule has 0 radical (unpaired) electrons. The molecule has 0 saturated heterocycles. The van der Waals surface area contributed by atoms with Crippen LogP contribution in [0.2, 0.25) is 0 Å². The normalized spacial score (nSPS) is 23.4. The van der Waals surface area contributed by atoms with Crippen molar-refractivity contribution >= 4 is 11.8 Å². The van der Waals surface area contributed by atoms with Crippen molar-refractivity contribution in [2.45, 2.75) is 39.2 Å². The van der Waals surface area contributed by atoms with Crippen molar-refractivity contribution in [2.75, 3.05) is 20.7 Å². The van der Waals surface area contributed by atoms with Crippen LogP contribution in [0, 0.1) is 11.8 Å². The Morgan fingerprint density at radius 2 is 1.92 bits per heavy atom. The van der Waals surface area contributed by atoms with Crippen LogP contribution < -0.4 is 10.1 Å². The van der Waals surface area contributed by atoms with Gasteiger partial charge in [-0.25, -0.2) is 0 Å². The zero-order valence-electron chi connectivity index (χ0n) is 15.0. The molecule has 0 aromatic heterocycles. The fourth-order valence-electron chi connectivity index (χ4n) is 3.08. The van der Waals surface area contributed by atoms with Gasteiger partial charge in [0.25, 0.3) is 11.8 Å². The van der Waals surface area contributed by atoms with Gasteiger partial charge in [-0.05, 0) is 30.4 Å². The Bertz CT molecular complexity index is 586. The minimum atomic E-state index is -0.139.